The van der Waals surface area contributed by atoms with Gasteiger partial charge in [-0.1, -0.05) is 13.8 Å². The zero-order valence-electron chi connectivity index (χ0n) is 12.2. The second-order valence-corrected chi connectivity index (χ2v) is 6.49. The fourth-order valence-corrected chi connectivity index (χ4v) is 3.06. The van der Waals surface area contributed by atoms with Crippen LogP contribution in [0, 0.1) is 5.92 Å². The van der Waals surface area contributed by atoms with Crippen LogP contribution in [0.1, 0.15) is 59.9 Å². The smallest absolute Gasteiger partial charge is 0.337 e. The Morgan fingerprint density at radius 3 is 2.85 bits per heavy atom. The third-order valence-corrected chi connectivity index (χ3v) is 4.10. The van der Waals surface area contributed by atoms with Gasteiger partial charge < -0.3 is 5.11 Å². The number of hydrogen-bond acceptors (Lipinski definition) is 3. The second kappa shape index (κ2) is 5.17. The van der Waals surface area contributed by atoms with Gasteiger partial charge in [-0.15, -0.1) is 0 Å². The van der Waals surface area contributed by atoms with Crippen LogP contribution in [0.15, 0.2) is 6.07 Å². The van der Waals surface area contributed by atoms with E-state index >= 15 is 0 Å². The Balaban J connectivity index is 1.90. The zero-order valence-corrected chi connectivity index (χ0v) is 12.2. The summed E-state index contributed by atoms with van der Waals surface area (Å²) >= 11 is 0. The average molecular weight is 274 g/mol. The third kappa shape index (κ3) is 2.70. The normalized spacial score (nSPS) is 19.1. The van der Waals surface area contributed by atoms with Crippen molar-refractivity contribution in [3.63, 3.8) is 0 Å². The molecule has 0 spiro atoms. The van der Waals surface area contributed by atoms with Crippen molar-refractivity contribution < 1.29 is 9.90 Å². The Kier molecular flexibility index (Phi) is 3.50. The van der Waals surface area contributed by atoms with Crippen LogP contribution in [0.5, 0.6) is 0 Å². The van der Waals surface area contributed by atoms with Crippen molar-refractivity contribution in [2.45, 2.75) is 45.6 Å². The summed E-state index contributed by atoms with van der Waals surface area (Å²) in [5, 5.41) is 9.40. The van der Waals surface area contributed by atoms with Gasteiger partial charge in [0, 0.05) is 37.7 Å². The van der Waals surface area contributed by atoms with Gasteiger partial charge in [-0.05, 0) is 30.4 Å². The summed E-state index contributed by atoms with van der Waals surface area (Å²) in [6, 6.07) is 1.88. The monoisotopic (exact) mass is 274 g/mol. The van der Waals surface area contributed by atoms with Crippen molar-refractivity contribution in [2.24, 2.45) is 5.92 Å². The van der Waals surface area contributed by atoms with Gasteiger partial charge in [-0.3, -0.25) is 9.88 Å². The Labute approximate surface area is 119 Å². The molecule has 1 aromatic heterocycles. The maximum atomic E-state index is 11.4. The van der Waals surface area contributed by atoms with Gasteiger partial charge >= 0.3 is 5.97 Å². The molecule has 1 fully saturated rings. The summed E-state index contributed by atoms with van der Waals surface area (Å²) in [6.07, 6.45) is 3.12. The molecule has 20 heavy (non-hydrogen) atoms. The van der Waals surface area contributed by atoms with E-state index in [2.05, 4.69) is 18.7 Å². The van der Waals surface area contributed by atoms with Gasteiger partial charge in [-0.25, -0.2) is 4.79 Å². The van der Waals surface area contributed by atoms with Crippen LogP contribution in [-0.2, 0) is 13.0 Å². The van der Waals surface area contributed by atoms with E-state index < -0.39 is 5.97 Å². The summed E-state index contributed by atoms with van der Waals surface area (Å²) in [7, 11) is 0. The molecule has 1 N–H and O–H groups in total. The van der Waals surface area contributed by atoms with E-state index in [1.807, 2.05) is 6.07 Å². The highest BCUT2D eigenvalue weighted by atomic mass is 16.4. The van der Waals surface area contributed by atoms with Crippen LogP contribution < -0.4 is 0 Å². The molecule has 0 bridgehead atoms. The highest BCUT2D eigenvalue weighted by Gasteiger charge is 2.31. The van der Waals surface area contributed by atoms with E-state index in [4.69, 9.17) is 4.98 Å². The number of aromatic nitrogens is 1. The number of rotatable bonds is 4. The second-order valence-electron chi connectivity index (χ2n) is 6.49. The highest BCUT2D eigenvalue weighted by Crippen LogP contribution is 2.41. The van der Waals surface area contributed by atoms with E-state index in [0.29, 0.717) is 17.4 Å². The molecule has 1 saturated carbocycles. The first-order chi connectivity index (χ1) is 9.54. The summed E-state index contributed by atoms with van der Waals surface area (Å²) in [6.45, 7) is 7.37. The largest absolute Gasteiger partial charge is 0.478 e. The SMILES string of the molecule is CC(C)CN1CCc2nc(C3CC3)c(C(=O)O)cc2C1. The molecule has 3 rings (SSSR count). The van der Waals surface area contributed by atoms with Crippen molar-refractivity contribution in [2.75, 3.05) is 13.1 Å². The maximum absolute atomic E-state index is 11.4. The molecule has 0 atom stereocenters. The molecule has 2 heterocycles. The van der Waals surface area contributed by atoms with E-state index in [1.165, 1.54) is 0 Å². The fourth-order valence-electron chi connectivity index (χ4n) is 3.06. The standard InChI is InChI=1S/C16H22N2O2/c1-10(2)8-18-6-5-14-12(9-18)7-13(16(19)20)15(17-14)11-3-4-11/h7,10-11H,3-6,8-9H2,1-2H3,(H,19,20). The molecule has 0 amide bonds. The van der Waals surface area contributed by atoms with E-state index in [9.17, 15) is 9.90 Å². The minimum absolute atomic E-state index is 0.389. The molecule has 1 aromatic rings. The van der Waals surface area contributed by atoms with Crippen LogP contribution >= 0.6 is 0 Å². The predicted molar refractivity (Wildman–Crippen MR) is 77.0 cm³/mol. The van der Waals surface area contributed by atoms with Crippen LogP contribution in [0.4, 0.5) is 0 Å². The highest BCUT2D eigenvalue weighted by molar-refractivity contribution is 5.89. The molecule has 2 aliphatic rings. The quantitative estimate of drug-likeness (QED) is 0.917. The number of hydrogen-bond donors (Lipinski definition) is 1. The van der Waals surface area contributed by atoms with Gasteiger partial charge in [0.05, 0.1) is 11.3 Å². The van der Waals surface area contributed by atoms with E-state index in [-0.39, 0.29) is 0 Å². The third-order valence-electron chi connectivity index (χ3n) is 4.10. The molecule has 0 aromatic carbocycles. The van der Waals surface area contributed by atoms with Crippen molar-refractivity contribution in [1.29, 1.82) is 0 Å². The minimum atomic E-state index is -0.830. The van der Waals surface area contributed by atoms with Crippen LogP contribution in [-0.4, -0.2) is 34.0 Å². The number of carboxylic acid groups (broad SMARTS) is 1. The first-order valence-electron chi connectivity index (χ1n) is 7.53. The lowest BCUT2D eigenvalue weighted by molar-refractivity contribution is 0.0694. The molecule has 0 saturated heterocycles. The molecular weight excluding hydrogens is 252 g/mol. The Morgan fingerprint density at radius 1 is 1.50 bits per heavy atom. The zero-order chi connectivity index (χ0) is 14.3. The molecule has 4 heteroatoms. The lowest BCUT2D eigenvalue weighted by Gasteiger charge is -2.30. The average Bonchev–Trinajstić information content (AvgIpc) is 3.20. The summed E-state index contributed by atoms with van der Waals surface area (Å²) in [5.74, 6) is 0.192. The molecular formula is C16H22N2O2. The first kappa shape index (κ1) is 13.6. The van der Waals surface area contributed by atoms with Crippen molar-refractivity contribution in [1.82, 2.24) is 9.88 Å². The van der Waals surface area contributed by atoms with Crippen LogP contribution in [0.25, 0.3) is 0 Å². The number of carboxylic acids is 1. The van der Waals surface area contributed by atoms with Crippen molar-refractivity contribution >= 4 is 5.97 Å². The van der Waals surface area contributed by atoms with Gasteiger partial charge in [0.25, 0.3) is 0 Å². The van der Waals surface area contributed by atoms with E-state index in [1.54, 1.807) is 0 Å². The number of carbonyl (C=O) groups is 1. The lowest BCUT2D eigenvalue weighted by Crippen LogP contribution is -2.34. The van der Waals surface area contributed by atoms with Gasteiger partial charge in [0.2, 0.25) is 0 Å². The predicted octanol–water partition coefficient (Wildman–Crippen LogP) is 2.67. The molecule has 108 valence electrons. The van der Waals surface area contributed by atoms with E-state index in [0.717, 1.165) is 55.8 Å². The Hall–Kier alpha value is -1.42. The topological polar surface area (TPSA) is 53.4 Å². The lowest BCUT2D eigenvalue weighted by atomic mass is 9.99. The Morgan fingerprint density at radius 2 is 2.25 bits per heavy atom. The van der Waals surface area contributed by atoms with Crippen LogP contribution in [0.2, 0.25) is 0 Å². The minimum Gasteiger partial charge on any atom is -0.478 e. The number of fused-ring (bicyclic) bond motifs is 1. The first-order valence-corrected chi connectivity index (χ1v) is 7.53. The molecule has 4 nitrogen and oxygen atoms in total. The maximum Gasteiger partial charge on any atom is 0.337 e. The van der Waals surface area contributed by atoms with Crippen LogP contribution in [0.3, 0.4) is 0 Å². The van der Waals surface area contributed by atoms with Gasteiger partial charge in [-0.2, -0.15) is 0 Å². The Bertz CT molecular complexity index is 536. The number of nitrogens with zero attached hydrogens (tertiary/aromatic N) is 2. The van der Waals surface area contributed by atoms with Crippen molar-refractivity contribution in [3.8, 4) is 0 Å². The number of pyridine rings is 1. The summed E-state index contributed by atoms with van der Waals surface area (Å²) in [4.78, 5) is 18.5. The van der Waals surface area contributed by atoms with Crippen molar-refractivity contribution in [3.05, 3.63) is 28.6 Å². The van der Waals surface area contributed by atoms with Gasteiger partial charge in [0.1, 0.15) is 0 Å². The molecule has 0 unspecified atom stereocenters. The van der Waals surface area contributed by atoms with Gasteiger partial charge in [0.15, 0.2) is 0 Å². The summed E-state index contributed by atoms with van der Waals surface area (Å²) in [5.41, 5.74) is 3.49. The molecule has 1 aliphatic carbocycles. The summed E-state index contributed by atoms with van der Waals surface area (Å²) < 4.78 is 0. The molecule has 0 radical (unpaired) electrons. The molecule has 1 aliphatic heterocycles. The fraction of sp³-hybridized carbons (Fsp3) is 0.625. The number of aromatic carboxylic acids is 1.